The predicted molar refractivity (Wildman–Crippen MR) is 60.2 cm³/mol. The molecule has 1 aromatic carbocycles. The molecule has 0 saturated heterocycles. The van der Waals surface area contributed by atoms with Crippen molar-refractivity contribution in [1.82, 2.24) is 15.3 Å². The normalized spacial score (nSPS) is 10.4. The van der Waals surface area contributed by atoms with Crippen LogP contribution in [0, 0.1) is 5.82 Å². The molecule has 0 aliphatic rings. The van der Waals surface area contributed by atoms with Crippen LogP contribution in [0.5, 0.6) is 0 Å². The molecular formula is C12H12FN3. The van der Waals surface area contributed by atoms with E-state index in [-0.39, 0.29) is 5.82 Å². The average Bonchev–Trinajstić information content (AvgIpc) is 2.32. The molecule has 0 bridgehead atoms. The van der Waals surface area contributed by atoms with Crippen molar-refractivity contribution in [1.29, 1.82) is 0 Å². The van der Waals surface area contributed by atoms with Crippen LogP contribution in [0.2, 0.25) is 0 Å². The van der Waals surface area contributed by atoms with E-state index in [0.717, 1.165) is 17.7 Å². The summed E-state index contributed by atoms with van der Waals surface area (Å²) in [6.45, 7) is 0.740. The van der Waals surface area contributed by atoms with Crippen molar-refractivity contribution >= 4 is 0 Å². The number of nitrogens with one attached hydrogen (secondary N) is 1. The largest absolute Gasteiger partial charge is 0.316 e. The second-order valence-electron chi connectivity index (χ2n) is 3.45. The Morgan fingerprint density at radius 2 is 1.75 bits per heavy atom. The van der Waals surface area contributed by atoms with E-state index in [2.05, 4.69) is 15.3 Å². The molecule has 3 nitrogen and oxygen atoms in total. The molecule has 0 fully saturated rings. The Morgan fingerprint density at radius 1 is 1.12 bits per heavy atom. The van der Waals surface area contributed by atoms with Gasteiger partial charge in [0.2, 0.25) is 0 Å². The topological polar surface area (TPSA) is 37.8 Å². The number of nitrogens with zero attached hydrogens (tertiary/aromatic N) is 2. The molecule has 0 aliphatic heterocycles. The molecule has 2 aromatic rings. The quantitative estimate of drug-likeness (QED) is 0.854. The smallest absolute Gasteiger partial charge is 0.159 e. The first-order chi connectivity index (χ1) is 7.79. The molecule has 0 aliphatic carbocycles. The first kappa shape index (κ1) is 10.7. The first-order valence-corrected chi connectivity index (χ1v) is 5.01. The van der Waals surface area contributed by atoms with E-state index in [9.17, 15) is 4.39 Å². The maximum absolute atomic E-state index is 12.7. The molecule has 1 N–H and O–H groups in total. The Labute approximate surface area is 93.4 Å². The lowest BCUT2D eigenvalue weighted by molar-refractivity contribution is 0.628. The number of benzene rings is 1. The minimum absolute atomic E-state index is 0.254. The molecule has 82 valence electrons. The minimum atomic E-state index is -0.254. The first-order valence-electron chi connectivity index (χ1n) is 5.01. The van der Waals surface area contributed by atoms with Gasteiger partial charge in [-0.2, -0.15) is 0 Å². The number of rotatable bonds is 3. The lowest BCUT2D eigenvalue weighted by Gasteiger charge is -2.02. The third-order valence-electron chi connectivity index (χ3n) is 2.19. The zero-order chi connectivity index (χ0) is 11.4. The van der Waals surface area contributed by atoms with Crippen LogP contribution in [0.4, 0.5) is 4.39 Å². The van der Waals surface area contributed by atoms with E-state index in [1.54, 1.807) is 24.5 Å². The van der Waals surface area contributed by atoms with E-state index in [0.29, 0.717) is 5.82 Å². The van der Waals surface area contributed by atoms with Crippen LogP contribution in [0.25, 0.3) is 11.4 Å². The molecule has 1 heterocycles. The van der Waals surface area contributed by atoms with Gasteiger partial charge >= 0.3 is 0 Å². The summed E-state index contributed by atoms with van der Waals surface area (Å²) in [6, 6.07) is 6.14. The van der Waals surface area contributed by atoms with Gasteiger partial charge in [-0.25, -0.2) is 14.4 Å². The van der Waals surface area contributed by atoms with Crippen LogP contribution < -0.4 is 5.32 Å². The summed E-state index contributed by atoms with van der Waals surface area (Å²) in [5.74, 6) is 0.357. The Balaban J connectivity index is 2.24. The minimum Gasteiger partial charge on any atom is -0.316 e. The van der Waals surface area contributed by atoms with E-state index in [4.69, 9.17) is 0 Å². The van der Waals surface area contributed by atoms with Crippen LogP contribution in [0.15, 0.2) is 36.7 Å². The molecule has 2 rings (SSSR count). The Kier molecular flexibility index (Phi) is 3.22. The summed E-state index contributed by atoms with van der Waals surface area (Å²) >= 11 is 0. The van der Waals surface area contributed by atoms with Gasteiger partial charge in [-0.1, -0.05) is 0 Å². The van der Waals surface area contributed by atoms with Crippen molar-refractivity contribution in [3.63, 3.8) is 0 Å². The fraction of sp³-hybridized carbons (Fsp3) is 0.167. The predicted octanol–water partition coefficient (Wildman–Crippen LogP) is 2.00. The molecule has 16 heavy (non-hydrogen) atoms. The monoisotopic (exact) mass is 217 g/mol. The number of hydrogen-bond donors (Lipinski definition) is 1. The fourth-order valence-electron chi connectivity index (χ4n) is 1.40. The summed E-state index contributed by atoms with van der Waals surface area (Å²) in [5, 5.41) is 3.02. The van der Waals surface area contributed by atoms with Gasteiger partial charge < -0.3 is 5.32 Å². The molecule has 0 atom stereocenters. The second kappa shape index (κ2) is 4.81. The van der Waals surface area contributed by atoms with Crippen LogP contribution in [-0.2, 0) is 6.54 Å². The molecule has 0 saturated carbocycles. The van der Waals surface area contributed by atoms with Gasteiger partial charge in [0, 0.05) is 30.1 Å². The van der Waals surface area contributed by atoms with Crippen LogP contribution in [0.1, 0.15) is 5.56 Å². The van der Waals surface area contributed by atoms with Gasteiger partial charge in [0.15, 0.2) is 5.82 Å². The zero-order valence-corrected chi connectivity index (χ0v) is 8.94. The summed E-state index contributed by atoms with van der Waals surface area (Å²) in [7, 11) is 1.87. The van der Waals surface area contributed by atoms with Crippen LogP contribution in [0.3, 0.4) is 0 Å². The van der Waals surface area contributed by atoms with E-state index < -0.39 is 0 Å². The lowest BCUT2D eigenvalue weighted by atomic mass is 10.2. The van der Waals surface area contributed by atoms with E-state index >= 15 is 0 Å². The van der Waals surface area contributed by atoms with Crippen molar-refractivity contribution in [3.8, 4) is 11.4 Å². The molecule has 4 heteroatoms. The highest BCUT2D eigenvalue weighted by Crippen LogP contribution is 2.14. The third kappa shape index (κ3) is 2.41. The summed E-state index contributed by atoms with van der Waals surface area (Å²) in [6.07, 6.45) is 3.53. The van der Waals surface area contributed by atoms with Gasteiger partial charge in [0.05, 0.1) is 0 Å². The highest BCUT2D eigenvalue weighted by atomic mass is 19.1. The zero-order valence-electron chi connectivity index (χ0n) is 8.94. The van der Waals surface area contributed by atoms with Crippen LogP contribution in [-0.4, -0.2) is 17.0 Å². The highest BCUT2D eigenvalue weighted by Gasteiger charge is 2.01. The van der Waals surface area contributed by atoms with Gasteiger partial charge in [-0.3, -0.25) is 0 Å². The Hall–Kier alpha value is -1.81. The fourth-order valence-corrected chi connectivity index (χ4v) is 1.40. The molecular weight excluding hydrogens is 205 g/mol. The molecule has 0 radical (unpaired) electrons. The Morgan fingerprint density at radius 3 is 2.31 bits per heavy atom. The summed E-state index contributed by atoms with van der Waals surface area (Å²) in [4.78, 5) is 8.45. The SMILES string of the molecule is CNCc1cnc(-c2ccc(F)cc2)nc1. The van der Waals surface area contributed by atoms with E-state index in [1.165, 1.54) is 12.1 Å². The number of halogens is 1. The molecule has 0 amide bonds. The molecule has 1 aromatic heterocycles. The summed E-state index contributed by atoms with van der Waals surface area (Å²) < 4.78 is 12.7. The van der Waals surface area contributed by atoms with Gasteiger partial charge in [0.1, 0.15) is 5.82 Å². The third-order valence-corrected chi connectivity index (χ3v) is 2.19. The lowest BCUT2D eigenvalue weighted by Crippen LogP contribution is -2.06. The number of hydrogen-bond acceptors (Lipinski definition) is 3. The van der Waals surface area contributed by atoms with Crippen molar-refractivity contribution in [2.45, 2.75) is 6.54 Å². The number of aromatic nitrogens is 2. The molecule has 0 unspecified atom stereocenters. The van der Waals surface area contributed by atoms with Crippen molar-refractivity contribution < 1.29 is 4.39 Å². The highest BCUT2D eigenvalue weighted by molar-refractivity contribution is 5.54. The van der Waals surface area contributed by atoms with Gasteiger partial charge in [0.25, 0.3) is 0 Å². The van der Waals surface area contributed by atoms with Crippen molar-refractivity contribution in [2.24, 2.45) is 0 Å². The van der Waals surface area contributed by atoms with E-state index in [1.807, 2.05) is 7.05 Å². The maximum atomic E-state index is 12.7. The Bertz CT molecular complexity index is 451. The van der Waals surface area contributed by atoms with Crippen LogP contribution >= 0.6 is 0 Å². The van der Waals surface area contributed by atoms with Crippen molar-refractivity contribution in [2.75, 3.05) is 7.05 Å². The van der Waals surface area contributed by atoms with Gasteiger partial charge in [-0.05, 0) is 31.3 Å². The van der Waals surface area contributed by atoms with Gasteiger partial charge in [-0.15, -0.1) is 0 Å². The molecule has 0 spiro atoms. The maximum Gasteiger partial charge on any atom is 0.159 e. The standard InChI is InChI=1S/C12H12FN3/c1-14-6-9-7-15-12(16-8-9)10-2-4-11(13)5-3-10/h2-5,7-8,14H,6H2,1H3. The van der Waals surface area contributed by atoms with Crippen molar-refractivity contribution in [3.05, 3.63) is 48.0 Å². The summed E-state index contributed by atoms with van der Waals surface area (Å²) in [5.41, 5.74) is 1.84. The average molecular weight is 217 g/mol. The second-order valence-corrected chi connectivity index (χ2v) is 3.45.